The van der Waals surface area contributed by atoms with Crippen LogP contribution < -0.4 is 5.73 Å². The van der Waals surface area contributed by atoms with E-state index in [1.165, 1.54) is 4.70 Å². The van der Waals surface area contributed by atoms with Crippen molar-refractivity contribution in [3.8, 4) is 0 Å². The standard InChI is InChI=1S/C12H16N4S/c1-16(7-6-11(13)14)8-12-15-9-4-2-3-5-10(9)17-12/h2-5H,6-8H2,1H3,(H3,13,14). The average molecular weight is 248 g/mol. The van der Waals surface area contributed by atoms with Gasteiger partial charge in [-0.15, -0.1) is 11.3 Å². The number of aromatic nitrogens is 1. The third-order valence-electron chi connectivity index (χ3n) is 2.51. The van der Waals surface area contributed by atoms with Crippen LogP contribution in [-0.4, -0.2) is 29.3 Å². The van der Waals surface area contributed by atoms with Gasteiger partial charge in [0, 0.05) is 13.0 Å². The Labute approximate surface area is 105 Å². The minimum Gasteiger partial charge on any atom is -0.388 e. The molecular formula is C12H16N4S. The minimum absolute atomic E-state index is 0.237. The number of rotatable bonds is 5. The maximum absolute atomic E-state index is 7.19. The zero-order valence-corrected chi connectivity index (χ0v) is 10.6. The molecule has 5 heteroatoms. The number of para-hydroxylation sites is 1. The van der Waals surface area contributed by atoms with Crippen molar-refractivity contribution in [2.75, 3.05) is 13.6 Å². The number of benzene rings is 1. The van der Waals surface area contributed by atoms with Crippen LogP contribution in [-0.2, 0) is 6.54 Å². The first kappa shape index (κ1) is 12.0. The molecule has 0 unspecified atom stereocenters. The first-order valence-electron chi connectivity index (χ1n) is 5.51. The van der Waals surface area contributed by atoms with Crippen LogP contribution in [0.25, 0.3) is 10.2 Å². The summed E-state index contributed by atoms with van der Waals surface area (Å²) in [4.78, 5) is 6.71. The molecule has 0 saturated heterocycles. The fraction of sp³-hybridized carbons (Fsp3) is 0.333. The quantitative estimate of drug-likeness (QED) is 0.628. The SMILES string of the molecule is CN(CCC(=N)N)Cc1nc2ccccc2s1. The highest BCUT2D eigenvalue weighted by atomic mass is 32.1. The highest BCUT2D eigenvalue weighted by Crippen LogP contribution is 2.22. The van der Waals surface area contributed by atoms with Gasteiger partial charge in [0.05, 0.1) is 22.6 Å². The van der Waals surface area contributed by atoms with Gasteiger partial charge < -0.3 is 5.73 Å². The number of amidine groups is 1. The average Bonchev–Trinajstić information content (AvgIpc) is 2.68. The van der Waals surface area contributed by atoms with E-state index >= 15 is 0 Å². The number of hydrogen-bond donors (Lipinski definition) is 2. The molecule has 1 heterocycles. The van der Waals surface area contributed by atoms with Crippen molar-refractivity contribution >= 4 is 27.4 Å². The summed E-state index contributed by atoms with van der Waals surface area (Å²) in [5.41, 5.74) is 6.40. The first-order chi connectivity index (χ1) is 8.15. The second kappa shape index (κ2) is 5.25. The zero-order valence-electron chi connectivity index (χ0n) is 9.81. The van der Waals surface area contributed by atoms with Crippen molar-refractivity contribution < 1.29 is 0 Å². The third-order valence-corrected chi connectivity index (χ3v) is 3.53. The molecule has 0 aliphatic carbocycles. The molecule has 17 heavy (non-hydrogen) atoms. The highest BCUT2D eigenvalue weighted by molar-refractivity contribution is 7.18. The molecule has 0 aliphatic heterocycles. The van der Waals surface area contributed by atoms with Gasteiger partial charge in [-0.05, 0) is 19.2 Å². The molecule has 1 aromatic heterocycles. The maximum atomic E-state index is 7.19. The van der Waals surface area contributed by atoms with Crippen molar-refractivity contribution in [3.05, 3.63) is 29.3 Å². The number of nitrogens with one attached hydrogen (secondary N) is 1. The van der Waals surface area contributed by atoms with Crippen LogP contribution in [0, 0.1) is 5.41 Å². The van der Waals surface area contributed by atoms with Crippen LogP contribution in [0.5, 0.6) is 0 Å². The van der Waals surface area contributed by atoms with Gasteiger partial charge in [0.2, 0.25) is 0 Å². The van der Waals surface area contributed by atoms with E-state index < -0.39 is 0 Å². The summed E-state index contributed by atoms with van der Waals surface area (Å²) in [7, 11) is 2.02. The topological polar surface area (TPSA) is 66.0 Å². The van der Waals surface area contributed by atoms with Gasteiger partial charge in [-0.1, -0.05) is 12.1 Å². The van der Waals surface area contributed by atoms with E-state index in [4.69, 9.17) is 11.1 Å². The lowest BCUT2D eigenvalue weighted by Gasteiger charge is -2.13. The van der Waals surface area contributed by atoms with Gasteiger partial charge in [0.1, 0.15) is 5.01 Å². The molecule has 0 atom stereocenters. The van der Waals surface area contributed by atoms with Crippen LogP contribution in [0.3, 0.4) is 0 Å². The van der Waals surface area contributed by atoms with Gasteiger partial charge in [-0.3, -0.25) is 10.3 Å². The Morgan fingerprint density at radius 1 is 1.47 bits per heavy atom. The number of fused-ring (bicyclic) bond motifs is 1. The summed E-state index contributed by atoms with van der Waals surface area (Å²) in [6.45, 7) is 1.61. The van der Waals surface area contributed by atoms with E-state index in [0.29, 0.717) is 6.42 Å². The van der Waals surface area contributed by atoms with E-state index in [2.05, 4.69) is 16.0 Å². The molecule has 90 valence electrons. The summed E-state index contributed by atoms with van der Waals surface area (Å²) < 4.78 is 1.22. The maximum Gasteiger partial charge on any atom is 0.108 e. The second-order valence-electron chi connectivity index (χ2n) is 4.09. The van der Waals surface area contributed by atoms with Crippen LogP contribution in [0.1, 0.15) is 11.4 Å². The van der Waals surface area contributed by atoms with E-state index in [-0.39, 0.29) is 5.84 Å². The predicted octanol–water partition coefficient (Wildman–Crippen LogP) is 2.05. The van der Waals surface area contributed by atoms with E-state index in [1.54, 1.807) is 11.3 Å². The first-order valence-corrected chi connectivity index (χ1v) is 6.32. The zero-order chi connectivity index (χ0) is 12.3. The third kappa shape index (κ3) is 3.25. The number of nitrogens with zero attached hydrogens (tertiary/aromatic N) is 2. The van der Waals surface area contributed by atoms with Crippen LogP contribution >= 0.6 is 11.3 Å². The fourth-order valence-corrected chi connectivity index (χ4v) is 2.66. The lowest BCUT2D eigenvalue weighted by atomic mass is 10.3. The number of hydrogen-bond acceptors (Lipinski definition) is 4. The molecule has 0 spiro atoms. The van der Waals surface area contributed by atoms with Gasteiger partial charge in [-0.25, -0.2) is 4.98 Å². The Bertz CT molecular complexity index is 487. The fourth-order valence-electron chi connectivity index (χ4n) is 1.61. The summed E-state index contributed by atoms with van der Waals surface area (Å²) in [6, 6.07) is 8.16. The van der Waals surface area contributed by atoms with Gasteiger partial charge in [0.25, 0.3) is 0 Å². The lowest BCUT2D eigenvalue weighted by molar-refractivity contribution is 0.336. The van der Waals surface area contributed by atoms with Crippen LogP contribution in [0.2, 0.25) is 0 Å². The molecule has 0 amide bonds. The van der Waals surface area contributed by atoms with Gasteiger partial charge in [-0.2, -0.15) is 0 Å². The minimum atomic E-state index is 0.237. The molecule has 1 aromatic carbocycles. The summed E-state index contributed by atoms with van der Waals surface area (Å²) in [6.07, 6.45) is 0.612. The molecule has 0 saturated carbocycles. The molecule has 4 nitrogen and oxygen atoms in total. The number of nitrogens with two attached hydrogens (primary N) is 1. The molecule has 2 aromatic rings. The molecule has 0 fully saturated rings. The molecule has 0 bridgehead atoms. The normalized spacial score (nSPS) is 11.2. The Morgan fingerprint density at radius 3 is 2.94 bits per heavy atom. The van der Waals surface area contributed by atoms with Crippen molar-refractivity contribution in [3.63, 3.8) is 0 Å². The molecular weight excluding hydrogens is 232 g/mol. The Kier molecular flexibility index (Phi) is 3.71. The highest BCUT2D eigenvalue weighted by Gasteiger charge is 2.06. The van der Waals surface area contributed by atoms with Gasteiger partial charge in [0.15, 0.2) is 0 Å². The van der Waals surface area contributed by atoms with Crippen molar-refractivity contribution in [2.24, 2.45) is 5.73 Å². The van der Waals surface area contributed by atoms with Crippen molar-refractivity contribution in [2.45, 2.75) is 13.0 Å². The van der Waals surface area contributed by atoms with E-state index in [9.17, 15) is 0 Å². The van der Waals surface area contributed by atoms with Gasteiger partial charge >= 0.3 is 0 Å². The second-order valence-corrected chi connectivity index (χ2v) is 5.20. The molecule has 3 N–H and O–H groups in total. The number of thiazole rings is 1. The summed E-state index contributed by atoms with van der Waals surface area (Å²) in [5, 5.41) is 8.30. The Morgan fingerprint density at radius 2 is 2.24 bits per heavy atom. The van der Waals surface area contributed by atoms with Crippen LogP contribution in [0.4, 0.5) is 0 Å². The van der Waals surface area contributed by atoms with E-state index in [1.807, 2.05) is 25.2 Å². The predicted molar refractivity (Wildman–Crippen MR) is 72.5 cm³/mol. The van der Waals surface area contributed by atoms with Crippen molar-refractivity contribution in [1.82, 2.24) is 9.88 Å². The summed E-state index contributed by atoms with van der Waals surface area (Å²) in [5.74, 6) is 0.237. The Balaban J connectivity index is 2.00. The molecule has 2 rings (SSSR count). The van der Waals surface area contributed by atoms with Crippen molar-refractivity contribution in [1.29, 1.82) is 5.41 Å². The largest absolute Gasteiger partial charge is 0.388 e. The summed E-state index contributed by atoms with van der Waals surface area (Å²) >= 11 is 1.72. The van der Waals surface area contributed by atoms with Crippen LogP contribution in [0.15, 0.2) is 24.3 Å². The molecule has 0 aliphatic rings. The van der Waals surface area contributed by atoms with E-state index in [0.717, 1.165) is 23.6 Å². The Hall–Kier alpha value is -1.46. The lowest BCUT2D eigenvalue weighted by Crippen LogP contribution is -2.23. The smallest absolute Gasteiger partial charge is 0.108 e. The monoisotopic (exact) mass is 248 g/mol. The molecule has 0 radical (unpaired) electrons.